The molecule has 5 rings (SSSR count). The second kappa shape index (κ2) is 5.99. The lowest BCUT2D eigenvalue weighted by Gasteiger charge is -2.40. The zero-order valence-corrected chi connectivity index (χ0v) is 17.3. The molecule has 1 atom stereocenters. The predicted octanol–water partition coefficient (Wildman–Crippen LogP) is 4.27. The minimum absolute atomic E-state index is 0.229. The van der Waals surface area contributed by atoms with Crippen molar-refractivity contribution in [2.75, 3.05) is 6.54 Å². The van der Waals surface area contributed by atoms with Crippen molar-refractivity contribution in [3.8, 4) is 11.1 Å². The minimum atomic E-state index is -0.498. The first kappa shape index (κ1) is 18.0. The van der Waals surface area contributed by atoms with Gasteiger partial charge in [0.05, 0.1) is 18.2 Å². The molecule has 2 aromatic rings. The summed E-state index contributed by atoms with van der Waals surface area (Å²) in [7, 11) is 1.92. The fourth-order valence-corrected chi connectivity index (χ4v) is 5.13. The second-order valence-corrected chi connectivity index (χ2v) is 8.84. The van der Waals surface area contributed by atoms with Gasteiger partial charge in [-0.25, -0.2) is 0 Å². The van der Waals surface area contributed by atoms with E-state index < -0.39 is 10.8 Å². The summed E-state index contributed by atoms with van der Waals surface area (Å²) in [5.41, 5.74) is 5.40. The average Bonchev–Trinajstić information content (AvgIpc) is 3.39. The number of carbonyl (C=O) groups is 1. The van der Waals surface area contributed by atoms with Crippen LogP contribution in [0.3, 0.4) is 0 Å². The molecule has 3 heterocycles. The molecule has 6 heteroatoms. The van der Waals surface area contributed by atoms with Gasteiger partial charge < -0.3 is 5.32 Å². The van der Waals surface area contributed by atoms with Crippen LogP contribution in [-0.2, 0) is 17.3 Å². The zero-order valence-electron chi connectivity index (χ0n) is 17.3. The van der Waals surface area contributed by atoms with Crippen LogP contribution in [0.1, 0.15) is 39.2 Å². The van der Waals surface area contributed by atoms with Gasteiger partial charge >= 0.3 is 0 Å². The molecule has 0 saturated heterocycles. The van der Waals surface area contributed by atoms with Gasteiger partial charge in [0.2, 0.25) is 0 Å². The number of carbonyl (C=O) groups excluding carboxylic acids is 1. The Labute approximate surface area is 170 Å². The summed E-state index contributed by atoms with van der Waals surface area (Å²) >= 11 is 0. The number of azo groups is 1. The number of ketones is 1. The Kier molecular flexibility index (Phi) is 3.72. The van der Waals surface area contributed by atoms with Gasteiger partial charge in [0.25, 0.3) is 0 Å². The highest BCUT2D eigenvalue weighted by atomic mass is 16.1. The molecule has 0 radical (unpaired) electrons. The summed E-state index contributed by atoms with van der Waals surface area (Å²) in [6.45, 7) is 6.76. The van der Waals surface area contributed by atoms with Crippen LogP contribution in [0.2, 0.25) is 0 Å². The van der Waals surface area contributed by atoms with E-state index in [0.29, 0.717) is 13.0 Å². The van der Waals surface area contributed by atoms with Crippen molar-refractivity contribution in [2.24, 2.45) is 22.7 Å². The van der Waals surface area contributed by atoms with Gasteiger partial charge in [0.15, 0.2) is 11.6 Å². The van der Waals surface area contributed by atoms with E-state index in [9.17, 15) is 4.79 Å². The molecule has 1 N–H and O–H groups in total. The summed E-state index contributed by atoms with van der Waals surface area (Å²) in [5.74, 6) is 1.05. The molecule has 3 aliphatic rings. The van der Waals surface area contributed by atoms with Crippen molar-refractivity contribution in [1.82, 2.24) is 15.1 Å². The highest BCUT2D eigenvalue weighted by molar-refractivity contribution is 6.06. The Bertz CT molecular complexity index is 1130. The quantitative estimate of drug-likeness (QED) is 0.855. The Morgan fingerprint density at radius 1 is 1.24 bits per heavy atom. The van der Waals surface area contributed by atoms with E-state index in [1.54, 1.807) is 4.68 Å². The third-order valence-electron chi connectivity index (χ3n) is 6.58. The molecule has 1 aromatic heterocycles. The molecule has 0 bridgehead atoms. The fourth-order valence-electron chi connectivity index (χ4n) is 5.13. The number of hydrogen-bond acceptors (Lipinski definition) is 5. The lowest BCUT2D eigenvalue weighted by molar-refractivity contribution is -0.122. The molecule has 0 unspecified atom stereocenters. The number of allylic oxidation sites excluding steroid dienone is 2. The molecule has 0 saturated carbocycles. The Morgan fingerprint density at radius 2 is 2.07 bits per heavy atom. The molecule has 1 aromatic carbocycles. The average molecular weight is 387 g/mol. The first-order valence-corrected chi connectivity index (χ1v) is 10.1. The lowest BCUT2D eigenvalue weighted by Crippen LogP contribution is -2.41. The highest BCUT2D eigenvalue weighted by Gasteiger charge is 2.54. The summed E-state index contributed by atoms with van der Waals surface area (Å²) in [6, 6.07) is 8.52. The van der Waals surface area contributed by atoms with E-state index in [2.05, 4.69) is 51.8 Å². The van der Waals surface area contributed by atoms with Crippen LogP contribution < -0.4 is 5.32 Å². The van der Waals surface area contributed by atoms with Gasteiger partial charge in [-0.1, -0.05) is 39.0 Å². The monoisotopic (exact) mass is 387 g/mol. The van der Waals surface area contributed by atoms with Crippen molar-refractivity contribution in [1.29, 1.82) is 0 Å². The number of nitrogens with one attached hydrogen (secondary N) is 1. The van der Waals surface area contributed by atoms with Crippen molar-refractivity contribution in [3.63, 3.8) is 0 Å². The number of aryl methyl sites for hydroxylation is 1. The SMILES string of the molecule is CC[C@@]1(c2cccc(-c3cnn(C)c3)c2)C2=C(N=NC2)NC2=C1C(=O)C(C)(C)C2. The van der Waals surface area contributed by atoms with Crippen LogP contribution in [0.5, 0.6) is 0 Å². The lowest BCUT2D eigenvalue weighted by atomic mass is 9.63. The van der Waals surface area contributed by atoms with Crippen molar-refractivity contribution in [2.45, 2.75) is 39.0 Å². The van der Waals surface area contributed by atoms with Crippen LogP contribution in [0.25, 0.3) is 11.1 Å². The topological polar surface area (TPSA) is 71.6 Å². The Morgan fingerprint density at radius 3 is 2.79 bits per heavy atom. The van der Waals surface area contributed by atoms with Crippen LogP contribution in [-0.4, -0.2) is 22.1 Å². The fraction of sp³-hybridized carbons (Fsp3) is 0.391. The summed E-state index contributed by atoms with van der Waals surface area (Å²) < 4.78 is 1.81. The van der Waals surface area contributed by atoms with Crippen LogP contribution >= 0.6 is 0 Å². The van der Waals surface area contributed by atoms with Gasteiger partial charge in [-0.3, -0.25) is 9.48 Å². The normalized spacial score (nSPS) is 24.8. The van der Waals surface area contributed by atoms with Crippen LogP contribution in [0.15, 0.2) is 69.6 Å². The number of hydrogen-bond donors (Lipinski definition) is 1. The molecule has 148 valence electrons. The number of Topliss-reactive ketones (excluding diaryl/α,β-unsaturated/α-hetero) is 1. The van der Waals surface area contributed by atoms with Gasteiger partial charge in [0, 0.05) is 47.5 Å². The molecule has 0 fully saturated rings. The zero-order chi connectivity index (χ0) is 20.4. The van der Waals surface area contributed by atoms with E-state index in [1.165, 1.54) is 0 Å². The molecule has 29 heavy (non-hydrogen) atoms. The molecular formula is C23H25N5O. The molecule has 1 aliphatic carbocycles. The van der Waals surface area contributed by atoms with Crippen LogP contribution in [0.4, 0.5) is 0 Å². The molecular weight excluding hydrogens is 362 g/mol. The largest absolute Gasteiger partial charge is 0.342 e. The Hall–Kier alpha value is -3.02. The molecule has 0 amide bonds. The van der Waals surface area contributed by atoms with E-state index in [0.717, 1.165) is 45.8 Å². The maximum absolute atomic E-state index is 13.6. The highest BCUT2D eigenvalue weighted by Crippen LogP contribution is 2.55. The van der Waals surface area contributed by atoms with E-state index in [-0.39, 0.29) is 5.78 Å². The van der Waals surface area contributed by atoms with Crippen LogP contribution in [0, 0.1) is 5.41 Å². The summed E-state index contributed by atoms with van der Waals surface area (Å²) in [5, 5.41) is 16.4. The van der Waals surface area contributed by atoms with Crippen molar-refractivity contribution in [3.05, 3.63) is 64.9 Å². The molecule has 6 nitrogen and oxygen atoms in total. The molecule has 2 aliphatic heterocycles. The summed E-state index contributed by atoms with van der Waals surface area (Å²) in [6.07, 6.45) is 5.38. The van der Waals surface area contributed by atoms with Gasteiger partial charge in [-0.15, -0.1) is 5.11 Å². The molecule has 0 spiro atoms. The summed E-state index contributed by atoms with van der Waals surface area (Å²) in [4.78, 5) is 13.6. The second-order valence-electron chi connectivity index (χ2n) is 8.84. The number of benzene rings is 1. The standard InChI is InChI=1S/C23H25N5O/c1-5-23(16-8-6-7-14(9-16)15-11-25-28(4)13-15)17-12-24-27-21(17)26-18-10-22(2,3)20(29)19(18)23/h6-9,11,13,26H,5,10,12H2,1-4H3/t23-/m1/s1. The number of dihydropyridines is 1. The van der Waals surface area contributed by atoms with E-state index >= 15 is 0 Å². The third-order valence-corrected chi connectivity index (χ3v) is 6.58. The minimum Gasteiger partial charge on any atom is -0.342 e. The first-order chi connectivity index (χ1) is 13.9. The number of aromatic nitrogens is 2. The Balaban J connectivity index is 1.74. The van der Waals surface area contributed by atoms with Gasteiger partial charge in [-0.2, -0.15) is 10.2 Å². The predicted molar refractivity (Wildman–Crippen MR) is 111 cm³/mol. The number of nitrogens with zero attached hydrogens (tertiary/aromatic N) is 4. The smallest absolute Gasteiger partial charge is 0.167 e. The van der Waals surface area contributed by atoms with Crippen molar-refractivity contribution < 1.29 is 4.79 Å². The maximum Gasteiger partial charge on any atom is 0.167 e. The maximum atomic E-state index is 13.6. The van der Waals surface area contributed by atoms with Gasteiger partial charge in [-0.05, 0) is 23.6 Å². The number of rotatable bonds is 3. The third kappa shape index (κ3) is 2.41. The first-order valence-electron chi connectivity index (χ1n) is 10.1. The van der Waals surface area contributed by atoms with Crippen molar-refractivity contribution >= 4 is 5.78 Å². The van der Waals surface area contributed by atoms with E-state index in [1.807, 2.05) is 33.3 Å². The van der Waals surface area contributed by atoms with E-state index in [4.69, 9.17) is 0 Å². The van der Waals surface area contributed by atoms with Gasteiger partial charge in [0.1, 0.15) is 0 Å².